The van der Waals surface area contributed by atoms with E-state index in [2.05, 4.69) is 31.2 Å². The van der Waals surface area contributed by atoms with Crippen LogP contribution in [0.3, 0.4) is 0 Å². The molecular weight excluding hydrogens is 547 g/mol. The third-order valence-electron chi connectivity index (χ3n) is 5.20. The third-order valence-corrected chi connectivity index (χ3v) is 7.71. The van der Waals surface area contributed by atoms with Crippen molar-refractivity contribution in [2.45, 2.75) is 23.4 Å². The van der Waals surface area contributed by atoms with Gasteiger partial charge in [0.1, 0.15) is 0 Å². The van der Waals surface area contributed by atoms with Crippen LogP contribution in [0.15, 0.2) is 81.2 Å². The Hall–Kier alpha value is -2.41. The number of nitrogens with zero attached hydrogens (tertiary/aromatic N) is 2. The Labute approximate surface area is 210 Å². The fraction of sp³-hybridized carbons (Fsp3) is 0.130. The lowest BCUT2D eigenvalue weighted by molar-refractivity contribution is 0.576. The molecule has 0 radical (unpaired) electrons. The van der Waals surface area contributed by atoms with Crippen LogP contribution in [0.2, 0.25) is 10.0 Å². The quantitative estimate of drug-likeness (QED) is 0.400. The Morgan fingerprint density at radius 1 is 1.12 bits per heavy atom. The highest BCUT2D eigenvalue weighted by atomic mass is 79.9. The van der Waals surface area contributed by atoms with Gasteiger partial charge < -0.3 is 5.43 Å². The Morgan fingerprint density at radius 2 is 1.88 bits per heavy atom. The average Bonchev–Trinajstić information content (AvgIpc) is 3.28. The topological polar surface area (TPSA) is 94.3 Å². The molecule has 1 aliphatic heterocycles. The van der Waals surface area contributed by atoms with Crippen LogP contribution in [-0.4, -0.2) is 14.1 Å². The fourth-order valence-corrected chi connectivity index (χ4v) is 5.56. The monoisotopic (exact) mass is 562 g/mol. The zero-order valence-corrected chi connectivity index (χ0v) is 20.9. The van der Waals surface area contributed by atoms with Crippen LogP contribution in [0.4, 0.5) is 0 Å². The molecule has 10 heteroatoms. The number of nitrogens with one attached hydrogen (secondary N) is 2. The van der Waals surface area contributed by atoms with Crippen molar-refractivity contribution in [2.75, 3.05) is 0 Å². The minimum absolute atomic E-state index is 0.0207. The van der Waals surface area contributed by atoms with Gasteiger partial charge in [-0.15, -0.1) is 0 Å². The van der Waals surface area contributed by atoms with Crippen molar-refractivity contribution in [3.8, 4) is 6.07 Å². The summed E-state index contributed by atoms with van der Waals surface area (Å²) in [7, 11) is -4.00. The second-order valence-corrected chi connectivity index (χ2v) is 10.9. The van der Waals surface area contributed by atoms with Gasteiger partial charge in [0.15, 0.2) is 0 Å². The van der Waals surface area contributed by atoms with Crippen molar-refractivity contribution in [3.63, 3.8) is 0 Å². The Morgan fingerprint density at radius 3 is 2.58 bits per heavy atom. The number of hydrazone groups is 1. The zero-order valence-electron chi connectivity index (χ0n) is 17.0. The molecule has 1 heterocycles. The fourth-order valence-electron chi connectivity index (χ4n) is 3.53. The molecule has 168 valence electrons. The average molecular weight is 564 g/mol. The Bertz CT molecular complexity index is 1370. The van der Waals surface area contributed by atoms with Gasteiger partial charge in [0.25, 0.3) is 0 Å². The standard InChI is InChI=1S/C23H17BrCl2N4O2S/c24-16-6-4-15(5-7-16)21-12-22(29-28-21)23(19-9-8-17(25)11-20(19)26)30-33(31,32)18-3-1-2-14(10-18)13-27/h1-11,21,23,28,30H,12H2. The molecule has 0 saturated heterocycles. The molecule has 2 N–H and O–H groups in total. The number of hydrogen-bond acceptors (Lipinski definition) is 5. The first kappa shape index (κ1) is 23.7. The van der Waals surface area contributed by atoms with Gasteiger partial charge in [-0.05, 0) is 53.6 Å². The second-order valence-electron chi connectivity index (χ2n) is 7.40. The molecule has 0 fully saturated rings. The Kier molecular flexibility index (Phi) is 7.07. The minimum atomic E-state index is -4.00. The van der Waals surface area contributed by atoms with Crippen molar-refractivity contribution >= 4 is 54.9 Å². The van der Waals surface area contributed by atoms with Crippen molar-refractivity contribution in [3.05, 3.63) is 97.9 Å². The van der Waals surface area contributed by atoms with Crippen LogP contribution in [-0.2, 0) is 10.0 Å². The molecular formula is C23H17BrCl2N4O2S. The van der Waals surface area contributed by atoms with E-state index in [0.717, 1.165) is 10.0 Å². The van der Waals surface area contributed by atoms with E-state index in [9.17, 15) is 8.42 Å². The highest BCUT2D eigenvalue weighted by molar-refractivity contribution is 9.10. The lowest BCUT2D eigenvalue weighted by Gasteiger charge is -2.21. The van der Waals surface area contributed by atoms with E-state index in [1.807, 2.05) is 30.3 Å². The first-order valence-electron chi connectivity index (χ1n) is 9.82. The number of halogens is 3. The summed E-state index contributed by atoms with van der Waals surface area (Å²) in [4.78, 5) is -0.0207. The van der Waals surface area contributed by atoms with Gasteiger partial charge in [0, 0.05) is 20.9 Å². The SMILES string of the molecule is N#Cc1cccc(S(=O)(=O)NC(C2=NNC(c3ccc(Br)cc3)C2)c2ccc(Cl)cc2Cl)c1. The van der Waals surface area contributed by atoms with Gasteiger partial charge in [-0.25, -0.2) is 8.42 Å². The van der Waals surface area contributed by atoms with Crippen LogP contribution in [0.5, 0.6) is 0 Å². The summed E-state index contributed by atoms with van der Waals surface area (Å²) in [6.45, 7) is 0. The maximum Gasteiger partial charge on any atom is 0.241 e. The predicted molar refractivity (Wildman–Crippen MR) is 133 cm³/mol. The smallest absolute Gasteiger partial charge is 0.241 e. The largest absolute Gasteiger partial charge is 0.302 e. The number of nitriles is 1. The van der Waals surface area contributed by atoms with Crippen LogP contribution in [0, 0.1) is 11.3 Å². The van der Waals surface area contributed by atoms with Gasteiger partial charge in [-0.2, -0.15) is 15.1 Å². The Balaban J connectivity index is 1.69. The summed E-state index contributed by atoms with van der Waals surface area (Å²) in [5.41, 5.74) is 5.46. The number of benzene rings is 3. The van der Waals surface area contributed by atoms with E-state index in [1.54, 1.807) is 24.3 Å². The van der Waals surface area contributed by atoms with E-state index >= 15 is 0 Å². The molecule has 0 aromatic heterocycles. The lowest BCUT2D eigenvalue weighted by atomic mass is 9.96. The summed E-state index contributed by atoms with van der Waals surface area (Å²) in [5, 5.41) is 14.4. The lowest BCUT2D eigenvalue weighted by Crippen LogP contribution is -2.33. The second kappa shape index (κ2) is 9.84. The molecule has 3 aromatic carbocycles. The van der Waals surface area contributed by atoms with Crippen molar-refractivity contribution in [1.29, 1.82) is 5.26 Å². The van der Waals surface area contributed by atoms with E-state index in [1.165, 1.54) is 18.2 Å². The first-order valence-corrected chi connectivity index (χ1v) is 12.8. The molecule has 0 spiro atoms. The predicted octanol–water partition coefficient (Wildman–Crippen LogP) is 5.74. The highest BCUT2D eigenvalue weighted by Crippen LogP contribution is 2.33. The highest BCUT2D eigenvalue weighted by Gasteiger charge is 2.32. The number of hydrogen-bond donors (Lipinski definition) is 2. The third kappa shape index (κ3) is 5.40. The zero-order chi connectivity index (χ0) is 23.6. The van der Waals surface area contributed by atoms with E-state index < -0.39 is 16.1 Å². The van der Waals surface area contributed by atoms with Gasteiger partial charge in [0.2, 0.25) is 10.0 Å². The number of sulfonamides is 1. The molecule has 1 aliphatic rings. The molecule has 0 saturated carbocycles. The summed E-state index contributed by atoms with van der Waals surface area (Å²) in [5.74, 6) is 0. The molecule has 0 aliphatic carbocycles. The van der Waals surface area contributed by atoms with E-state index in [4.69, 9.17) is 28.5 Å². The van der Waals surface area contributed by atoms with Crippen molar-refractivity contribution in [2.24, 2.45) is 5.10 Å². The van der Waals surface area contributed by atoms with Crippen LogP contribution < -0.4 is 10.1 Å². The van der Waals surface area contributed by atoms with Crippen molar-refractivity contribution < 1.29 is 8.42 Å². The molecule has 0 bridgehead atoms. The normalized spacial score (nSPS) is 16.5. The summed E-state index contributed by atoms with van der Waals surface area (Å²) in [6.07, 6.45) is 0.464. The molecule has 6 nitrogen and oxygen atoms in total. The van der Waals surface area contributed by atoms with E-state index in [0.29, 0.717) is 27.7 Å². The summed E-state index contributed by atoms with van der Waals surface area (Å²) < 4.78 is 30.2. The number of rotatable bonds is 6. The van der Waals surface area contributed by atoms with Gasteiger partial charge in [-0.3, -0.25) is 0 Å². The molecule has 33 heavy (non-hydrogen) atoms. The summed E-state index contributed by atoms with van der Waals surface area (Å²) in [6, 6.07) is 19.5. The minimum Gasteiger partial charge on any atom is -0.302 e. The molecule has 4 rings (SSSR count). The molecule has 2 unspecified atom stereocenters. The van der Waals surface area contributed by atoms with Gasteiger partial charge >= 0.3 is 0 Å². The molecule has 0 amide bonds. The maximum absolute atomic E-state index is 13.2. The molecule has 3 aromatic rings. The van der Waals surface area contributed by atoms with Crippen LogP contribution >= 0.6 is 39.1 Å². The van der Waals surface area contributed by atoms with Gasteiger partial charge in [-0.1, -0.05) is 63.4 Å². The van der Waals surface area contributed by atoms with Gasteiger partial charge in [0.05, 0.1) is 34.3 Å². The summed E-state index contributed by atoms with van der Waals surface area (Å²) >= 11 is 15.9. The first-order chi connectivity index (χ1) is 15.8. The van der Waals surface area contributed by atoms with Crippen LogP contribution in [0.25, 0.3) is 0 Å². The maximum atomic E-state index is 13.2. The van der Waals surface area contributed by atoms with Crippen molar-refractivity contribution in [1.82, 2.24) is 10.1 Å². The molecule has 2 atom stereocenters. The van der Waals surface area contributed by atoms with E-state index in [-0.39, 0.29) is 16.5 Å². The van der Waals surface area contributed by atoms with Crippen LogP contribution in [0.1, 0.15) is 35.2 Å².